The second-order valence-corrected chi connectivity index (χ2v) is 4.18. The van der Waals surface area contributed by atoms with Crippen LogP contribution in [0.15, 0.2) is 23.9 Å². The number of carbonyl (C=O) groups excluding carboxylic acids is 2. The van der Waals surface area contributed by atoms with E-state index in [0.29, 0.717) is 0 Å². The maximum atomic E-state index is 13.5. The van der Waals surface area contributed by atoms with Crippen molar-refractivity contribution in [3.8, 4) is 0 Å². The number of anilines is 1. The summed E-state index contributed by atoms with van der Waals surface area (Å²) in [6.07, 6.45) is 1.05. The summed E-state index contributed by atoms with van der Waals surface area (Å²) >= 11 is 0. The number of hydrogen-bond donors (Lipinski definition) is 1. The molecule has 0 bridgehead atoms. The Labute approximate surface area is 126 Å². The summed E-state index contributed by atoms with van der Waals surface area (Å²) < 4.78 is 36.0. The molecule has 1 aromatic carbocycles. The topological polar surface area (TPSA) is 64.6 Å². The van der Waals surface area contributed by atoms with Crippen molar-refractivity contribution in [1.82, 2.24) is 0 Å². The molecule has 1 N–H and O–H groups in total. The van der Waals surface area contributed by atoms with Crippen molar-refractivity contribution in [3.63, 3.8) is 0 Å². The SMILES string of the molecule is CCOC(=O)C(=CNc1ccc(F)c(F)c1C)C(=O)OCC. The number of hydrogen-bond acceptors (Lipinski definition) is 5. The lowest BCUT2D eigenvalue weighted by atomic mass is 10.2. The van der Waals surface area contributed by atoms with Crippen LogP contribution in [0.4, 0.5) is 14.5 Å². The van der Waals surface area contributed by atoms with Crippen LogP contribution in [0.5, 0.6) is 0 Å². The van der Waals surface area contributed by atoms with E-state index in [1.807, 2.05) is 0 Å². The molecule has 0 heterocycles. The Kier molecular flexibility index (Phi) is 6.49. The molecule has 0 fully saturated rings. The van der Waals surface area contributed by atoms with E-state index >= 15 is 0 Å². The van der Waals surface area contributed by atoms with Gasteiger partial charge in [0.15, 0.2) is 17.2 Å². The van der Waals surface area contributed by atoms with Crippen LogP contribution in [0.25, 0.3) is 0 Å². The first kappa shape index (κ1) is 17.6. The van der Waals surface area contributed by atoms with Gasteiger partial charge in [0.05, 0.1) is 13.2 Å². The zero-order valence-corrected chi connectivity index (χ0v) is 12.5. The van der Waals surface area contributed by atoms with Crippen LogP contribution in [-0.2, 0) is 19.1 Å². The van der Waals surface area contributed by atoms with Crippen molar-refractivity contribution in [3.05, 3.63) is 41.1 Å². The number of benzene rings is 1. The summed E-state index contributed by atoms with van der Waals surface area (Å²) in [5.41, 5.74) is -0.138. The van der Waals surface area contributed by atoms with Crippen molar-refractivity contribution in [1.29, 1.82) is 0 Å². The number of esters is 2. The van der Waals surface area contributed by atoms with Crippen LogP contribution >= 0.6 is 0 Å². The third kappa shape index (κ3) is 4.28. The highest BCUT2D eigenvalue weighted by atomic mass is 19.2. The van der Waals surface area contributed by atoms with Crippen LogP contribution in [0.3, 0.4) is 0 Å². The van der Waals surface area contributed by atoms with E-state index in [-0.39, 0.29) is 30.0 Å². The molecule has 0 aliphatic rings. The number of rotatable bonds is 6. The second-order valence-electron chi connectivity index (χ2n) is 4.18. The molecule has 0 atom stereocenters. The summed E-state index contributed by atoms with van der Waals surface area (Å²) in [6, 6.07) is 2.23. The fraction of sp³-hybridized carbons (Fsp3) is 0.333. The van der Waals surface area contributed by atoms with E-state index < -0.39 is 23.6 Å². The molecule has 5 nitrogen and oxygen atoms in total. The Bertz CT molecular complexity index is 579. The number of carbonyl (C=O) groups is 2. The minimum atomic E-state index is -1.01. The zero-order valence-electron chi connectivity index (χ0n) is 12.5. The van der Waals surface area contributed by atoms with E-state index in [2.05, 4.69) is 5.32 Å². The lowest BCUT2D eigenvalue weighted by molar-refractivity contribution is -0.146. The van der Waals surface area contributed by atoms with E-state index in [1.54, 1.807) is 13.8 Å². The molecule has 22 heavy (non-hydrogen) atoms. The normalized spacial score (nSPS) is 9.86. The van der Waals surface area contributed by atoms with Crippen molar-refractivity contribution in [2.45, 2.75) is 20.8 Å². The van der Waals surface area contributed by atoms with Crippen molar-refractivity contribution < 1.29 is 27.8 Å². The van der Waals surface area contributed by atoms with Gasteiger partial charge in [-0.1, -0.05) is 0 Å². The molecule has 0 radical (unpaired) electrons. The standard InChI is InChI=1S/C15H17F2NO4/c1-4-21-14(19)10(15(20)22-5-2)8-18-12-7-6-11(16)13(17)9(12)3/h6-8,18H,4-5H2,1-3H3. The third-order valence-electron chi connectivity index (χ3n) is 2.70. The second kappa shape index (κ2) is 8.11. The Morgan fingerprint density at radius 2 is 1.68 bits per heavy atom. The molecular formula is C15H17F2NO4. The van der Waals surface area contributed by atoms with E-state index in [0.717, 1.165) is 12.3 Å². The summed E-state index contributed by atoms with van der Waals surface area (Å²) in [4.78, 5) is 23.4. The Hall–Kier alpha value is -2.44. The highest BCUT2D eigenvalue weighted by Crippen LogP contribution is 2.20. The smallest absolute Gasteiger partial charge is 0.347 e. The highest BCUT2D eigenvalue weighted by molar-refractivity contribution is 6.14. The van der Waals surface area contributed by atoms with Gasteiger partial charge in [-0.2, -0.15) is 0 Å². The lowest BCUT2D eigenvalue weighted by Crippen LogP contribution is -2.19. The van der Waals surface area contributed by atoms with Gasteiger partial charge in [-0.3, -0.25) is 0 Å². The van der Waals surface area contributed by atoms with Crippen LogP contribution in [-0.4, -0.2) is 25.2 Å². The highest BCUT2D eigenvalue weighted by Gasteiger charge is 2.21. The molecule has 7 heteroatoms. The first-order valence-electron chi connectivity index (χ1n) is 6.67. The summed E-state index contributed by atoms with van der Waals surface area (Å²) in [5, 5.41) is 2.59. The van der Waals surface area contributed by atoms with E-state index in [4.69, 9.17) is 9.47 Å². The fourth-order valence-electron chi connectivity index (χ4n) is 1.58. The first-order chi connectivity index (χ1) is 10.4. The molecule has 0 saturated carbocycles. The maximum absolute atomic E-state index is 13.5. The molecule has 0 aliphatic heterocycles. The molecule has 0 saturated heterocycles. The summed E-state index contributed by atoms with van der Waals surface area (Å²) in [7, 11) is 0. The minimum absolute atomic E-state index is 0.0170. The molecule has 0 spiro atoms. The van der Waals surface area contributed by atoms with Gasteiger partial charge >= 0.3 is 11.9 Å². The van der Waals surface area contributed by atoms with Crippen LogP contribution < -0.4 is 5.32 Å². The van der Waals surface area contributed by atoms with Gasteiger partial charge < -0.3 is 14.8 Å². The van der Waals surface area contributed by atoms with Crippen molar-refractivity contribution in [2.75, 3.05) is 18.5 Å². The molecule has 0 aliphatic carbocycles. The first-order valence-corrected chi connectivity index (χ1v) is 6.67. The van der Waals surface area contributed by atoms with Crippen LogP contribution in [0.1, 0.15) is 19.4 Å². The zero-order chi connectivity index (χ0) is 16.7. The molecule has 120 valence electrons. The Morgan fingerprint density at radius 1 is 1.14 bits per heavy atom. The number of ether oxygens (including phenoxy) is 2. The van der Waals surface area contributed by atoms with Gasteiger partial charge in [-0.25, -0.2) is 18.4 Å². The molecule has 1 aromatic rings. The van der Waals surface area contributed by atoms with E-state index in [1.165, 1.54) is 13.0 Å². The van der Waals surface area contributed by atoms with E-state index in [9.17, 15) is 18.4 Å². The number of halogens is 2. The Balaban J connectivity index is 3.05. The molecule has 0 amide bonds. The Morgan fingerprint density at radius 3 is 2.18 bits per heavy atom. The van der Waals surface area contributed by atoms with Crippen LogP contribution in [0, 0.1) is 18.6 Å². The minimum Gasteiger partial charge on any atom is -0.462 e. The van der Waals surface area contributed by atoms with Crippen LogP contribution in [0.2, 0.25) is 0 Å². The van der Waals surface area contributed by atoms with Gasteiger partial charge in [0.1, 0.15) is 0 Å². The largest absolute Gasteiger partial charge is 0.462 e. The number of nitrogens with one attached hydrogen (secondary N) is 1. The summed E-state index contributed by atoms with van der Waals surface area (Å²) in [6.45, 7) is 4.71. The van der Waals surface area contributed by atoms with Gasteiger partial charge in [0.2, 0.25) is 0 Å². The van der Waals surface area contributed by atoms with Crippen molar-refractivity contribution >= 4 is 17.6 Å². The average Bonchev–Trinajstić information content (AvgIpc) is 2.48. The molecule has 1 rings (SSSR count). The van der Waals surface area contributed by atoms with Crippen molar-refractivity contribution in [2.24, 2.45) is 0 Å². The summed E-state index contributed by atoms with van der Waals surface area (Å²) in [5.74, 6) is -3.72. The van der Waals surface area contributed by atoms with Gasteiger partial charge in [-0.05, 0) is 32.9 Å². The molecule has 0 unspecified atom stereocenters. The monoisotopic (exact) mass is 313 g/mol. The third-order valence-corrected chi connectivity index (χ3v) is 2.70. The maximum Gasteiger partial charge on any atom is 0.347 e. The van der Waals surface area contributed by atoms with Gasteiger partial charge in [-0.15, -0.1) is 0 Å². The fourth-order valence-corrected chi connectivity index (χ4v) is 1.58. The molecule has 0 aromatic heterocycles. The van der Waals surface area contributed by atoms with Gasteiger partial charge in [0, 0.05) is 17.5 Å². The molecular weight excluding hydrogens is 296 g/mol. The van der Waals surface area contributed by atoms with Gasteiger partial charge in [0.25, 0.3) is 0 Å². The lowest BCUT2D eigenvalue weighted by Gasteiger charge is -2.10. The predicted molar refractivity (Wildman–Crippen MR) is 76.1 cm³/mol. The average molecular weight is 313 g/mol. The quantitative estimate of drug-likeness (QED) is 0.378. The predicted octanol–water partition coefficient (Wildman–Crippen LogP) is 2.70.